The Bertz CT molecular complexity index is 378. The summed E-state index contributed by atoms with van der Waals surface area (Å²) >= 11 is 1.58. The maximum atomic E-state index is 10.5. The first-order chi connectivity index (χ1) is 7.66. The van der Waals surface area contributed by atoms with Crippen molar-refractivity contribution in [2.24, 2.45) is 0 Å². The number of nitrogens with zero attached hydrogens (tertiary/aromatic N) is 2. The fraction of sp³-hybridized carbons (Fsp3) is 0.636. The van der Waals surface area contributed by atoms with E-state index < -0.39 is 5.97 Å². The fourth-order valence-corrected chi connectivity index (χ4v) is 2.94. The van der Waals surface area contributed by atoms with Crippen LogP contribution in [-0.4, -0.2) is 34.6 Å². The van der Waals surface area contributed by atoms with E-state index in [9.17, 15) is 4.79 Å². The number of aromatic nitrogens is 1. The third-order valence-electron chi connectivity index (χ3n) is 2.98. The summed E-state index contributed by atoms with van der Waals surface area (Å²) in [6, 6.07) is 0.440. The fourth-order valence-electron chi connectivity index (χ4n) is 2.09. The molecule has 0 spiro atoms. The van der Waals surface area contributed by atoms with E-state index in [0.717, 1.165) is 17.2 Å². The van der Waals surface area contributed by atoms with Gasteiger partial charge in [-0.15, -0.1) is 11.3 Å². The van der Waals surface area contributed by atoms with Gasteiger partial charge < -0.3 is 5.11 Å². The van der Waals surface area contributed by atoms with Crippen LogP contribution >= 0.6 is 11.3 Å². The van der Waals surface area contributed by atoms with Gasteiger partial charge >= 0.3 is 5.97 Å². The molecule has 1 saturated heterocycles. The van der Waals surface area contributed by atoms with Crippen LogP contribution in [0.15, 0.2) is 5.38 Å². The lowest BCUT2D eigenvalue weighted by atomic mass is 10.2. The molecule has 0 aromatic carbocycles. The number of likely N-dealkylation sites (tertiary alicyclic amines) is 1. The number of thiazole rings is 1. The summed E-state index contributed by atoms with van der Waals surface area (Å²) in [6.45, 7) is 1.13. The summed E-state index contributed by atoms with van der Waals surface area (Å²) in [5, 5.41) is 11.6. The maximum Gasteiger partial charge on any atom is 0.303 e. The quantitative estimate of drug-likeness (QED) is 0.873. The van der Waals surface area contributed by atoms with E-state index in [1.165, 1.54) is 12.8 Å². The van der Waals surface area contributed by atoms with E-state index in [1.807, 2.05) is 0 Å². The van der Waals surface area contributed by atoms with Crippen molar-refractivity contribution in [3.8, 4) is 0 Å². The normalized spacial score (nSPS) is 21.4. The molecule has 1 fully saturated rings. The molecule has 2 rings (SSSR count). The molecule has 1 aromatic rings. The number of hydrogen-bond acceptors (Lipinski definition) is 4. The van der Waals surface area contributed by atoms with E-state index >= 15 is 0 Å². The van der Waals surface area contributed by atoms with Crippen molar-refractivity contribution >= 4 is 17.3 Å². The second-order valence-electron chi connectivity index (χ2n) is 4.20. The van der Waals surface area contributed by atoms with Gasteiger partial charge in [-0.2, -0.15) is 0 Å². The highest BCUT2D eigenvalue weighted by atomic mass is 32.1. The van der Waals surface area contributed by atoms with Gasteiger partial charge in [-0.3, -0.25) is 9.69 Å². The molecule has 4 nitrogen and oxygen atoms in total. The van der Waals surface area contributed by atoms with E-state index in [1.54, 1.807) is 11.3 Å². The standard InChI is InChI=1S/C11H16N2O2S/c1-13-6-2-3-9(13)8-7-16-10(12-8)4-5-11(14)15/h7,9H,2-6H2,1H3,(H,14,15). The molecule has 0 amide bonds. The zero-order valence-corrected chi connectivity index (χ0v) is 10.2. The molecule has 0 aliphatic carbocycles. The van der Waals surface area contributed by atoms with Crippen LogP contribution in [0.2, 0.25) is 0 Å². The first-order valence-corrected chi connectivity index (χ1v) is 6.41. The first kappa shape index (κ1) is 11.5. The van der Waals surface area contributed by atoms with Crippen LogP contribution in [0.3, 0.4) is 0 Å². The molecule has 16 heavy (non-hydrogen) atoms. The Kier molecular flexibility index (Phi) is 3.56. The minimum atomic E-state index is -0.755. The Morgan fingerprint density at radius 2 is 2.56 bits per heavy atom. The summed E-state index contributed by atoms with van der Waals surface area (Å²) in [6.07, 6.45) is 3.12. The number of aryl methyl sites for hydroxylation is 1. The van der Waals surface area contributed by atoms with E-state index in [2.05, 4.69) is 22.3 Å². The van der Waals surface area contributed by atoms with Gasteiger partial charge in [0.1, 0.15) is 0 Å². The van der Waals surface area contributed by atoms with Gasteiger partial charge in [-0.1, -0.05) is 0 Å². The molecule has 1 aliphatic rings. The van der Waals surface area contributed by atoms with Gasteiger partial charge in [-0.05, 0) is 26.4 Å². The highest BCUT2D eigenvalue weighted by Crippen LogP contribution is 2.31. The van der Waals surface area contributed by atoms with Crippen molar-refractivity contribution in [3.05, 3.63) is 16.1 Å². The van der Waals surface area contributed by atoms with E-state index in [4.69, 9.17) is 5.11 Å². The molecule has 0 saturated carbocycles. The summed E-state index contributed by atoms with van der Waals surface area (Å²) in [4.78, 5) is 17.3. The zero-order valence-electron chi connectivity index (χ0n) is 9.35. The molecular weight excluding hydrogens is 224 g/mol. The van der Waals surface area contributed by atoms with Crippen LogP contribution in [0.5, 0.6) is 0 Å². The number of carbonyl (C=O) groups is 1. The first-order valence-electron chi connectivity index (χ1n) is 5.53. The molecule has 88 valence electrons. The van der Waals surface area contributed by atoms with Gasteiger partial charge in [0.15, 0.2) is 0 Å². The van der Waals surface area contributed by atoms with Crippen molar-refractivity contribution in [2.45, 2.75) is 31.7 Å². The van der Waals surface area contributed by atoms with Gasteiger partial charge in [0.25, 0.3) is 0 Å². The monoisotopic (exact) mass is 240 g/mol. The summed E-state index contributed by atoms with van der Waals surface area (Å²) in [5.74, 6) is -0.755. The molecular formula is C11H16N2O2S. The average Bonchev–Trinajstić information content (AvgIpc) is 2.83. The summed E-state index contributed by atoms with van der Waals surface area (Å²) < 4.78 is 0. The number of hydrogen-bond donors (Lipinski definition) is 1. The molecule has 2 heterocycles. The van der Waals surface area contributed by atoms with Crippen LogP contribution in [0.25, 0.3) is 0 Å². The SMILES string of the molecule is CN1CCCC1c1csc(CCC(=O)O)n1. The summed E-state index contributed by atoms with van der Waals surface area (Å²) in [7, 11) is 2.12. The molecule has 1 aliphatic heterocycles. The molecule has 1 N–H and O–H groups in total. The zero-order chi connectivity index (χ0) is 11.5. The Hall–Kier alpha value is -0.940. The van der Waals surface area contributed by atoms with Crippen LogP contribution in [0.1, 0.15) is 36.0 Å². The molecule has 0 radical (unpaired) electrons. The Balaban J connectivity index is 1.99. The van der Waals surface area contributed by atoms with Crippen molar-refractivity contribution in [2.75, 3.05) is 13.6 Å². The number of rotatable bonds is 4. The Labute approximate surface area is 98.9 Å². The van der Waals surface area contributed by atoms with Crippen LogP contribution in [0, 0.1) is 0 Å². The molecule has 0 bridgehead atoms. The van der Waals surface area contributed by atoms with Gasteiger partial charge in [0.05, 0.1) is 23.2 Å². The van der Waals surface area contributed by atoms with Crippen molar-refractivity contribution in [3.63, 3.8) is 0 Å². The molecule has 1 aromatic heterocycles. The number of aliphatic carboxylic acids is 1. The molecule has 5 heteroatoms. The second kappa shape index (κ2) is 4.93. The topological polar surface area (TPSA) is 53.4 Å². The highest BCUT2D eigenvalue weighted by molar-refractivity contribution is 7.09. The van der Waals surface area contributed by atoms with Crippen molar-refractivity contribution in [1.82, 2.24) is 9.88 Å². The lowest BCUT2D eigenvalue weighted by molar-refractivity contribution is -0.136. The average molecular weight is 240 g/mol. The third kappa shape index (κ3) is 2.59. The molecule has 1 atom stereocenters. The van der Waals surface area contributed by atoms with E-state index in [0.29, 0.717) is 12.5 Å². The lowest BCUT2D eigenvalue weighted by Gasteiger charge is -2.16. The second-order valence-corrected chi connectivity index (χ2v) is 5.14. The maximum absolute atomic E-state index is 10.5. The molecule has 1 unspecified atom stereocenters. The summed E-state index contributed by atoms with van der Waals surface area (Å²) in [5.41, 5.74) is 1.12. The third-order valence-corrected chi connectivity index (χ3v) is 3.91. The lowest BCUT2D eigenvalue weighted by Crippen LogP contribution is -2.17. The number of carboxylic acid groups (broad SMARTS) is 1. The van der Waals surface area contributed by atoms with Crippen molar-refractivity contribution in [1.29, 1.82) is 0 Å². The van der Waals surface area contributed by atoms with Gasteiger partial charge in [0.2, 0.25) is 0 Å². The van der Waals surface area contributed by atoms with Gasteiger partial charge in [-0.25, -0.2) is 4.98 Å². The minimum absolute atomic E-state index is 0.174. The van der Waals surface area contributed by atoms with E-state index in [-0.39, 0.29) is 6.42 Å². The Morgan fingerprint density at radius 3 is 3.19 bits per heavy atom. The predicted molar refractivity (Wildman–Crippen MR) is 62.7 cm³/mol. The van der Waals surface area contributed by atoms with Crippen LogP contribution < -0.4 is 0 Å². The Morgan fingerprint density at radius 1 is 1.75 bits per heavy atom. The smallest absolute Gasteiger partial charge is 0.303 e. The van der Waals surface area contributed by atoms with Crippen LogP contribution in [0.4, 0.5) is 0 Å². The van der Waals surface area contributed by atoms with Crippen LogP contribution in [-0.2, 0) is 11.2 Å². The predicted octanol–water partition coefficient (Wildman–Crippen LogP) is 1.93. The minimum Gasteiger partial charge on any atom is -0.481 e. The number of carboxylic acids is 1. The van der Waals surface area contributed by atoms with Gasteiger partial charge in [0, 0.05) is 11.8 Å². The highest BCUT2D eigenvalue weighted by Gasteiger charge is 2.24. The van der Waals surface area contributed by atoms with Crippen molar-refractivity contribution < 1.29 is 9.90 Å². The largest absolute Gasteiger partial charge is 0.481 e.